The van der Waals surface area contributed by atoms with Crippen LogP contribution in [0.1, 0.15) is 48.8 Å². The number of hydrogen-bond donors (Lipinski definition) is 1. The van der Waals surface area contributed by atoms with Crippen molar-refractivity contribution in [3.8, 4) is 11.8 Å². The number of pyridine rings is 1. The molecule has 8 nitrogen and oxygen atoms in total. The zero-order valence-electron chi connectivity index (χ0n) is 21.7. The van der Waals surface area contributed by atoms with Crippen LogP contribution in [0.5, 0.6) is 0 Å². The van der Waals surface area contributed by atoms with Gasteiger partial charge in [-0.05, 0) is 45.4 Å². The van der Waals surface area contributed by atoms with Crippen LogP contribution in [-0.2, 0) is 11.3 Å². The van der Waals surface area contributed by atoms with Crippen LogP contribution < -0.4 is 5.32 Å². The maximum Gasteiger partial charge on any atom is 0.410 e. The molecule has 2 amide bonds. The maximum atomic E-state index is 15.0. The van der Waals surface area contributed by atoms with Crippen molar-refractivity contribution in [2.75, 3.05) is 18.4 Å². The van der Waals surface area contributed by atoms with Gasteiger partial charge >= 0.3 is 6.09 Å². The number of rotatable bonds is 4. The lowest BCUT2D eigenvalue weighted by Crippen LogP contribution is -2.47. The van der Waals surface area contributed by atoms with Crippen LogP contribution in [0, 0.1) is 23.6 Å². The minimum absolute atomic E-state index is 0.0276. The van der Waals surface area contributed by atoms with Gasteiger partial charge in [0.25, 0.3) is 5.91 Å². The number of anilines is 1. The fraction of sp³-hybridized carbons (Fsp3) is 0.357. The summed E-state index contributed by atoms with van der Waals surface area (Å²) < 4.78 is 36.4. The van der Waals surface area contributed by atoms with Gasteiger partial charge in [-0.15, -0.1) is 0 Å². The molecule has 2 atom stereocenters. The Morgan fingerprint density at radius 1 is 1.18 bits per heavy atom. The van der Waals surface area contributed by atoms with E-state index >= 15 is 4.39 Å². The van der Waals surface area contributed by atoms with E-state index in [9.17, 15) is 14.0 Å². The molecule has 1 aliphatic rings. The van der Waals surface area contributed by atoms with Gasteiger partial charge in [-0.25, -0.2) is 18.6 Å². The van der Waals surface area contributed by atoms with Gasteiger partial charge in [-0.2, -0.15) is 5.10 Å². The Morgan fingerprint density at radius 2 is 1.90 bits per heavy atom. The second-order valence-electron chi connectivity index (χ2n) is 10.1. The fourth-order valence-electron chi connectivity index (χ4n) is 4.03. The quantitative estimate of drug-likeness (QED) is 0.440. The molecule has 0 spiro atoms. The molecular weight excluding hydrogens is 528 g/mol. The van der Waals surface area contributed by atoms with Crippen LogP contribution >= 0.6 is 11.6 Å². The van der Waals surface area contributed by atoms with Crippen molar-refractivity contribution in [1.82, 2.24) is 19.7 Å². The van der Waals surface area contributed by atoms with Crippen LogP contribution in [0.2, 0.25) is 5.02 Å². The van der Waals surface area contributed by atoms with Gasteiger partial charge in [0.05, 0.1) is 17.8 Å². The second kappa shape index (κ2) is 11.8. The largest absolute Gasteiger partial charge is 0.444 e. The molecule has 0 saturated carbocycles. The molecule has 0 bridgehead atoms. The number of carbonyl (C=O) groups is 2. The van der Waals surface area contributed by atoms with E-state index in [1.54, 1.807) is 20.8 Å². The lowest BCUT2D eigenvalue weighted by atomic mass is 9.95. The molecule has 3 aromatic rings. The van der Waals surface area contributed by atoms with E-state index in [0.29, 0.717) is 18.5 Å². The van der Waals surface area contributed by atoms with Crippen LogP contribution in [0.3, 0.4) is 0 Å². The lowest BCUT2D eigenvalue weighted by molar-refractivity contribution is 0.00348. The zero-order chi connectivity index (χ0) is 28.2. The highest BCUT2D eigenvalue weighted by atomic mass is 35.5. The first kappa shape index (κ1) is 28.0. The Balaban J connectivity index is 1.41. The van der Waals surface area contributed by atoms with Crippen molar-refractivity contribution in [2.24, 2.45) is 5.92 Å². The standard InChI is InChI=1S/C28H28ClF2N5O3/c1-28(2,3)39-27(38)35-12-11-20(23(31)17-35)16-36-24(21(29)15-33-36)26(37)34-25-22(30)13-19(14-32-25)10-9-18-7-5-4-6-8-18/h4-8,13-15,20,23H,11-12,16-17H2,1-3H3,(H,32,34,37)/t20-,23+/m0/s1. The monoisotopic (exact) mass is 555 g/mol. The molecule has 1 fully saturated rings. The Bertz CT molecular complexity index is 1410. The van der Waals surface area contributed by atoms with Crippen molar-refractivity contribution in [2.45, 2.75) is 45.5 Å². The van der Waals surface area contributed by atoms with Gasteiger partial charge in [0.15, 0.2) is 11.6 Å². The van der Waals surface area contributed by atoms with Gasteiger partial charge < -0.3 is 15.0 Å². The highest BCUT2D eigenvalue weighted by molar-refractivity contribution is 6.34. The predicted molar refractivity (Wildman–Crippen MR) is 143 cm³/mol. The number of hydrogen-bond acceptors (Lipinski definition) is 5. The summed E-state index contributed by atoms with van der Waals surface area (Å²) in [5.41, 5.74) is 0.374. The van der Waals surface area contributed by atoms with Gasteiger partial charge in [-0.3, -0.25) is 9.48 Å². The Hall–Kier alpha value is -3.97. The second-order valence-corrected chi connectivity index (χ2v) is 10.5. The molecule has 0 aliphatic carbocycles. The molecule has 1 aromatic carbocycles. The van der Waals surface area contributed by atoms with Crippen LogP contribution in [0.25, 0.3) is 0 Å². The van der Waals surface area contributed by atoms with E-state index < -0.39 is 35.5 Å². The van der Waals surface area contributed by atoms with Crippen LogP contribution in [0.15, 0.2) is 48.8 Å². The summed E-state index contributed by atoms with van der Waals surface area (Å²) in [4.78, 5) is 30.6. The number of amides is 2. The minimum Gasteiger partial charge on any atom is -0.444 e. The average molecular weight is 556 g/mol. The lowest BCUT2D eigenvalue weighted by Gasteiger charge is -2.35. The molecule has 0 radical (unpaired) electrons. The molecule has 1 aliphatic heterocycles. The normalized spacial score (nSPS) is 17.2. The summed E-state index contributed by atoms with van der Waals surface area (Å²) >= 11 is 6.21. The third kappa shape index (κ3) is 7.33. The average Bonchev–Trinajstić information content (AvgIpc) is 3.24. The molecule has 204 valence electrons. The molecule has 4 rings (SSSR count). The highest BCUT2D eigenvalue weighted by Gasteiger charge is 2.35. The first-order valence-corrected chi connectivity index (χ1v) is 12.8. The van der Waals surface area contributed by atoms with Gasteiger partial charge in [0.2, 0.25) is 0 Å². The first-order chi connectivity index (χ1) is 18.5. The van der Waals surface area contributed by atoms with Crippen molar-refractivity contribution in [3.63, 3.8) is 0 Å². The fourth-order valence-corrected chi connectivity index (χ4v) is 4.26. The number of aromatic nitrogens is 3. The van der Waals surface area contributed by atoms with Crippen molar-refractivity contribution in [3.05, 3.63) is 76.5 Å². The molecule has 3 heterocycles. The third-order valence-electron chi connectivity index (χ3n) is 5.94. The number of nitrogens with one attached hydrogen (secondary N) is 1. The SMILES string of the molecule is CC(C)(C)OC(=O)N1CC[C@@H](Cn2ncc(Cl)c2C(=O)Nc2ncc(C#Cc3ccccc3)cc2F)[C@H](F)C1. The number of alkyl halides is 1. The van der Waals surface area contributed by atoms with E-state index in [1.807, 2.05) is 30.3 Å². The van der Waals surface area contributed by atoms with Gasteiger partial charge in [0.1, 0.15) is 17.5 Å². The van der Waals surface area contributed by atoms with Crippen LogP contribution in [-0.4, -0.2) is 56.5 Å². The van der Waals surface area contributed by atoms with Gasteiger partial charge in [0, 0.05) is 36.3 Å². The highest BCUT2D eigenvalue weighted by Crippen LogP contribution is 2.26. The minimum atomic E-state index is -1.37. The number of halogens is 3. The van der Waals surface area contributed by atoms with E-state index in [0.717, 1.165) is 5.56 Å². The molecule has 1 saturated heterocycles. The summed E-state index contributed by atoms with van der Waals surface area (Å²) in [6.45, 7) is 5.44. The zero-order valence-corrected chi connectivity index (χ0v) is 22.5. The Kier molecular flexibility index (Phi) is 8.51. The summed E-state index contributed by atoms with van der Waals surface area (Å²) in [6, 6.07) is 10.4. The van der Waals surface area contributed by atoms with Crippen LogP contribution in [0.4, 0.5) is 19.4 Å². The number of ether oxygens (including phenoxy) is 1. The van der Waals surface area contributed by atoms with Crippen molar-refractivity contribution in [1.29, 1.82) is 0 Å². The maximum absolute atomic E-state index is 15.0. The van der Waals surface area contributed by atoms with E-state index in [-0.39, 0.29) is 29.6 Å². The number of nitrogens with zero attached hydrogens (tertiary/aromatic N) is 4. The van der Waals surface area contributed by atoms with E-state index in [4.69, 9.17) is 16.3 Å². The number of benzene rings is 1. The summed E-state index contributed by atoms with van der Waals surface area (Å²) in [5.74, 6) is 3.40. The third-order valence-corrected chi connectivity index (χ3v) is 6.22. The van der Waals surface area contributed by atoms with E-state index in [2.05, 4.69) is 27.2 Å². The Labute approximate surface area is 230 Å². The predicted octanol–water partition coefficient (Wildman–Crippen LogP) is 5.32. The topological polar surface area (TPSA) is 89.4 Å². The van der Waals surface area contributed by atoms with Crippen molar-refractivity contribution < 1.29 is 23.1 Å². The first-order valence-electron chi connectivity index (χ1n) is 12.4. The van der Waals surface area contributed by atoms with E-state index in [1.165, 1.54) is 28.0 Å². The molecule has 1 N–H and O–H groups in total. The molecule has 2 aromatic heterocycles. The smallest absolute Gasteiger partial charge is 0.410 e. The number of likely N-dealkylation sites (tertiary alicyclic amines) is 1. The Morgan fingerprint density at radius 3 is 2.56 bits per heavy atom. The number of piperidine rings is 1. The molecule has 0 unspecified atom stereocenters. The molecule has 39 heavy (non-hydrogen) atoms. The molecule has 11 heteroatoms. The van der Waals surface area contributed by atoms with Gasteiger partial charge in [-0.1, -0.05) is 41.6 Å². The molecular formula is C28H28ClF2N5O3. The van der Waals surface area contributed by atoms with Crippen molar-refractivity contribution >= 4 is 29.4 Å². The summed E-state index contributed by atoms with van der Waals surface area (Å²) in [7, 11) is 0. The number of carbonyl (C=O) groups excluding carboxylic acids is 2. The summed E-state index contributed by atoms with van der Waals surface area (Å²) in [5, 5.41) is 6.55. The summed E-state index contributed by atoms with van der Waals surface area (Å²) in [6.07, 6.45) is 1.01.